The van der Waals surface area contributed by atoms with Crippen molar-refractivity contribution in [1.82, 2.24) is 14.4 Å². The zero-order valence-corrected chi connectivity index (χ0v) is 12.2. The summed E-state index contributed by atoms with van der Waals surface area (Å²) in [5.41, 5.74) is 0. The molecule has 0 spiro atoms. The van der Waals surface area contributed by atoms with Crippen molar-refractivity contribution < 1.29 is 16.8 Å². The van der Waals surface area contributed by atoms with Gasteiger partial charge in [0.2, 0.25) is 20.0 Å². The smallest absolute Gasteiger partial charge is 0.240 e. The Morgan fingerprint density at radius 2 is 1.89 bits per heavy atom. The second-order valence-electron chi connectivity index (χ2n) is 3.55. The third-order valence-corrected chi connectivity index (χ3v) is 5.09. The molecule has 1 heterocycles. The van der Waals surface area contributed by atoms with E-state index >= 15 is 0 Å². The standard InChI is InChI=1S/C9H16N4O4S2/c1-10-9-7-8(3-4-12-9)19(16,17)13-5-6-18(14,15)11-2/h3-4,7,11,13H,5-6H2,1-2H3,(H,10,12). The van der Waals surface area contributed by atoms with Crippen molar-refractivity contribution in [2.75, 3.05) is 31.7 Å². The first-order valence-electron chi connectivity index (χ1n) is 5.35. The van der Waals surface area contributed by atoms with Gasteiger partial charge in [-0.15, -0.1) is 0 Å². The summed E-state index contributed by atoms with van der Waals surface area (Å²) in [7, 11) is -4.30. The molecule has 0 amide bonds. The van der Waals surface area contributed by atoms with Gasteiger partial charge in [0.15, 0.2) is 0 Å². The fourth-order valence-electron chi connectivity index (χ4n) is 1.21. The number of nitrogens with one attached hydrogen (secondary N) is 3. The van der Waals surface area contributed by atoms with E-state index in [0.29, 0.717) is 5.82 Å². The molecular weight excluding hydrogens is 292 g/mol. The van der Waals surface area contributed by atoms with Gasteiger partial charge in [-0.05, 0) is 13.1 Å². The molecule has 1 rings (SSSR count). The van der Waals surface area contributed by atoms with Crippen molar-refractivity contribution in [2.45, 2.75) is 4.90 Å². The SMILES string of the molecule is CNc1cc(S(=O)(=O)NCCS(=O)(=O)NC)ccn1. The second-order valence-corrected chi connectivity index (χ2v) is 7.36. The lowest BCUT2D eigenvalue weighted by Gasteiger charge is -2.08. The molecule has 0 atom stereocenters. The fourth-order valence-corrected chi connectivity index (χ4v) is 2.96. The predicted molar refractivity (Wildman–Crippen MR) is 71.8 cm³/mol. The van der Waals surface area contributed by atoms with E-state index in [2.05, 4.69) is 19.7 Å². The predicted octanol–water partition coefficient (Wildman–Crippen LogP) is -1.05. The Balaban J connectivity index is 2.76. The molecule has 0 bridgehead atoms. The number of hydrogen-bond donors (Lipinski definition) is 3. The molecule has 19 heavy (non-hydrogen) atoms. The summed E-state index contributed by atoms with van der Waals surface area (Å²) < 4.78 is 50.4. The quantitative estimate of drug-likeness (QED) is 0.592. The molecule has 0 radical (unpaired) electrons. The fraction of sp³-hybridized carbons (Fsp3) is 0.444. The minimum Gasteiger partial charge on any atom is -0.373 e. The topological polar surface area (TPSA) is 117 Å². The van der Waals surface area contributed by atoms with Gasteiger partial charge in [0.25, 0.3) is 0 Å². The Morgan fingerprint density at radius 3 is 2.47 bits per heavy atom. The first-order valence-corrected chi connectivity index (χ1v) is 8.49. The average Bonchev–Trinajstić information content (AvgIpc) is 2.38. The van der Waals surface area contributed by atoms with Crippen LogP contribution in [0.2, 0.25) is 0 Å². The van der Waals surface area contributed by atoms with Crippen LogP contribution < -0.4 is 14.8 Å². The molecule has 0 aliphatic rings. The summed E-state index contributed by atoms with van der Waals surface area (Å²) in [5.74, 6) is 0.0814. The molecule has 1 aromatic heterocycles. The largest absolute Gasteiger partial charge is 0.373 e. The molecule has 108 valence electrons. The van der Waals surface area contributed by atoms with Crippen LogP contribution >= 0.6 is 0 Å². The summed E-state index contributed by atoms with van der Waals surface area (Å²) in [5, 5.41) is 2.72. The molecule has 0 unspecified atom stereocenters. The number of rotatable bonds is 7. The van der Waals surface area contributed by atoms with Crippen molar-refractivity contribution in [3.8, 4) is 0 Å². The number of aromatic nitrogens is 1. The van der Waals surface area contributed by atoms with Gasteiger partial charge < -0.3 is 5.32 Å². The highest BCUT2D eigenvalue weighted by atomic mass is 32.2. The molecule has 8 nitrogen and oxygen atoms in total. The average molecular weight is 308 g/mol. The minimum atomic E-state index is -3.75. The van der Waals surface area contributed by atoms with Crippen LogP contribution in [0.5, 0.6) is 0 Å². The zero-order chi connectivity index (χ0) is 14.5. The molecule has 0 aliphatic heterocycles. The highest BCUT2D eigenvalue weighted by molar-refractivity contribution is 7.90. The van der Waals surface area contributed by atoms with Crippen molar-refractivity contribution in [3.05, 3.63) is 18.3 Å². The van der Waals surface area contributed by atoms with Gasteiger partial charge in [-0.3, -0.25) is 0 Å². The third-order valence-electron chi connectivity index (χ3n) is 2.27. The van der Waals surface area contributed by atoms with E-state index in [0.717, 1.165) is 0 Å². The zero-order valence-electron chi connectivity index (χ0n) is 10.5. The number of sulfonamides is 2. The van der Waals surface area contributed by atoms with Crippen LogP contribution in [0.3, 0.4) is 0 Å². The van der Waals surface area contributed by atoms with Gasteiger partial charge in [-0.2, -0.15) is 0 Å². The lowest BCUT2D eigenvalue weighted by atomic mass is 10.5. The Morgan fingerprint density at radius 1 is 1.21 bits per heavy atom. The summed E-state index contributed by atoms with van der Waals surface area (Å²) >= 11 is 0. The van der Waals surface area contributed by atoms with Gasteiger partial charge >= 0.3 is 0 Å². The minimum absolute atomic E-state index is 0.0219. The van der Waals surface area contributed by atoms with Crippen LogP contribution in [0.25, 0.3) is 0 Å². The summed E-state index contributed by atoms with van der Waals surface area (Å²) in [6.07, 6.45) is 1.35. The Hall–Kier alpha value is -1.23. The molecule has 0 aliphatic carbocycles. The number of hydrogen-bond acceptors (Lipinski definition) is 6. The van der Waals surface area contributed by atoms with Gasteiger partial charge in [-0.1, -0.05) is 0 Å². The number of anilines is 1. The second kappa shape index (κ2) is 6.28. The molecule has 0 saturated carbocycles. The number of pyridine rings is 1. The van der Waals surface area contributed by atoms with Crippen molar-refractivity contribution in [2.24, 2.45) is 0 Å². The normalized spacial score (nSPS) is 12.3. The maximum Gasteiger partial charge on any atom is 0.240 e. The first kappa shape index (κ1) is 15.8. The highest BCUT2D eigenvalue weighted by Crippen LogP contribution is 2.11. The monoisotopic (exact) mass is 308 g/mol. The summed E-state index contributed by atoms with van der Waals surface area (Å²) in [6.45, 7) is -0.206. The summed E-state index contributed by atoms with van der Waals surface area (Å²) in [4.78, 5) is 3.92. The van der Waals surface area contributed by atoms with E-state index in [-0.39, 0.29) is 17.2 Å². The Kier molecular flexibility index (Phi) is 5.23. The third kappa shape index (κ3) is 4.74. The lowest BCUT2D eigenvalue weighted by molar-refractivity contribution is 0.578. The Bertz CT molecular complexity index is 627. The van der Waals surface area contributed by atoms with E-state index in [1.807, 2.05) is 0 Å². The molecule has 3 N–H and O–H groups in total. The molecule has 1 aromatic rings. The van der Waals surface area contributed by atoms with Crippen LogP contribution in [0, 0.1) is 0 Å². The van der Waals surface area contributed by atoms with Crippen LogP contribution in [-0.2, 0) is 20.0 Å². The molecule has 0 aromatic carbocycles. The van der Waals surface area contributed by atoms with Gasteiger partial charge in [0.05, 0.1) is 10.6 Å². The molecule has 10 heteroatoms. The maximum atomic E-state index is 11.9. The van der Waals surface area contributed by atoms with Crippen molar-refractivity contribution in [3.63, 3.8) is 0 Å². The lowest BCUT2D eigenvalue weighted by Crippen LogP contribution is -2.33. The van der Waals surface area contributed by atoms with Crippen LogP contribution in [0.1, 0.15) is 0 Å². The molecule has 0 fully saturated rings. The van der Waals surface area contributed by atoms with Crippen molar-refractivity contribution in [1.29, 1.82) is 0 Å². The molecular formula is C9H16N4O4S2. The van der Waals surface area contributed by atoms with Crippen LogP contribution in [0.15, 0.2) is 23.2 Å². The van der Waals surface area contributed by atoms with Crippen LogP contribution in [-0.4, -0.2) is 48.2 Å². The summed E-state index contributed by atoms with van der Waals surface area (Å²) in [6, 6.07) is 2.69. The Labute approximate surface area is 112 Å². The van der Waals surface area contributed by atoms with Crippen LogP contribution in [0.4, 0.5) is 5.82 Å². The highest BCUT2D eigenvalue weighted by Gasteiger charge is 2.16. The van der Waals surface area contributed by atoms with E-state index in [1.54, 1.807) is 7.05 Å². The van der Waals surface area contributed by atoms with Gasteiger partial charge in [0.1, 0.15) is 5.82 Å². The molecule has 0 saturated heterocycles. The van der Waals surface area contributed by atoms with E-state index in [9.17, 15) is 16.8 Å². The van der Waals surface area contributed by atoms with Crippen molar-refractivity contribution >= 4 is 25.9 Å². The van der Waals surface area contributed by atoms with E-state index < -0.39 is 20.0 Å². The van der Waals surface area contributed by atoms with Gasteiger partial charge in [-0.25, -0.2) is 31.3 Å². The van der Waals surface area contributed by atoms with Gasteiger partial charge in [0, 0.05) is 25.9 Å². The van der Waals surface area contributed by atoms with E-state index in [4.69, 9.17) is 0 Å². The first-order chi connectivity index (χ1) is 8.80. The maximum absolute atomic E-state index is 11.9. The number of nitrogens with zero attached hydrogens (tertiary/aromatic N) is 1. The van der Waals surface area contributed by atoms with E-state index in [1.165, 1.54) is 25.4 Å².